The second kappa shape index (κ2) is 13.7. The van der Waals surface area contributed by atoms with Crippen LogP contribution < -0.4 is 4.74 Å². The molecule has 240 valence electrons. The molecule has 8 heteroatoms. The molecule has 0 radical (unpaired) electrons. The number of nitrogens with zero attached hydrogens (tertiary/aromatic N) is 2. The smallest absolute Gasteiger partial charge is 0.310 e. The highest BCUT2D eigenvalue weighted by molar-refractivity contribution is 8.00. The number of aromatic amines is 1. The summed E-state index contributed by atoms with van der Waals surface area (Å²) in [4.78, 5) is 26.6. The van der Waals surface area contributed by atoms with E-state index >= 15 is 0 Å². The summed E-state index contributed by atoms with van der Waals surface area (Å²) in [6, 6.07) is 20.6. The van der Waals surface area contributed by atoms with E-state index in [9.17, 15) is 14.3 Å². The van der Waals surface area contributed by atoms with E-state index in [1.54, 1.807) is 24.0 Å². The minimum Gasteiger partial charge on any atom is -0.487 e. The average molecular weight is 640 g/mol. The fraction of sp³-hybridized carbons (Fsp3) is 0.342. The Morgan fingerprint density at radius 2 is 1.76 bits per heavy atom. The Balaban J connectivity index is 1.59. The van der Waals surface area contributed by atoms with Crippen LogP contribution in [0.2, 0.25) is 0 Å². The highest BCUT2D eigenvalue weighted by Crippen LogP contribution is 2.50. The quantitative estimate of drug-likeness (QED) is 0.132. The summed E-state index contributed by atoms with van der Waals surface area (Å²) in [6.45, 7) is 12.8. The summed E-state index contributed by atoms with van der Waals surface area (Å²) in [5.41, 5.74) is 4.71. The van der Waals surface area contributed by atoms with Gasteiger partial charge < -0.3 is 14.8 Å². The van der Waals surface area contributed by atoms with Gasteiger partial charge >= 0.3 is 5.97 Å². The molecule has 0 bridgehead atoms. The van der Waals surface area contributed by atoms with Crippen molar-refractivity contribution in [3.63, 3.8) is 0 Å². The molecule has 5 rings (SSSR count). The number of halogens is 1. The number of aryl methyl sites for hydroxylation is 1. The third kappa shape index (κ3) is 7.12. The Morgan fingerprint density at radius 1 is 1.02 bits per heavy atom. The number of carbonyl (C=O) groups is 1. The van der Waals surface area contributed by atoms with Crippen molar-refractivity contribution in [1.82, 2.24) is 15.0 Å². The number of hydrogen-bond donors (Lipinski definition) is 2. The monoisotopic (exact) mass is 639 g/mol. The highest BCUT2D eigenvalue weighted by atomic mass is 32.2. The molecule has 2 N–H and O–H groups in total. The first-order valence-electron chi connectivity index (χ1n) is 15.8. The summed E-state index contributed by atoms with van der Waals surface area (Å²) in [6.07, 6.45) is 4.83. The van der Waals surface area contributed by atoms with Gasteiger partial charge in [0, 0.05) is 50.1 Å². The Bertz CT molecular complexity index is 1810. The van der Waals surface area contributed by atoms with Crippen LogP contribution in [0.5, 0.6) is 5.75 Å². The number of ether oxygens (including phenoxy) is 1. The molecule has 2 aromatic carbocycles. The van der Waals surface area contributed by atoms with E-state index < -0.39 is 11.4 Å². The lowest BCUT2D eigenvalue weighted by Gasteiger charge is -2.36. The van der Waals surface area contributed by atoms with Crippen molar-refractivity contribution in [1.29, 1.82) is 0 Å². The number of H-pyrrole nitrogens is 1. The van der Waals surface area contributed by atoms with Gasteiger partial charge in [-0.1, -0.05) is 65.0 Å². The normalized spacial score (nSPS) is 12.8. The summed E-state index contributed by atoms with van der Waals surface area (Å²) >= 11 is 1.74. The van der Waals surface area contributed by atoms with Crippen LogP contribution in [0.25, 0.3) is 22.2 Å². The first kappa shape index (κ1) is 33.2. The molecule has 0 saturated carbocycles. The van der Waals surface area contributed by atoms with E-state index in [4.69, 9.17) is 4.74 Å². The van der Waals surface area contributed by atoms with E-state index in [0.717, 1.165) is 44.1 Å². The third-order valence-corrected chi connectivity index (χ3v) is 9.90. The Hall–Kier alpha value is -4.17. The van der Waals surface area contributed by atoms with Gasteiger partial charge in [-0.25, -0.2) is 4.39 Å². The van der Waals surface area contributed by atoms with Gasteiger partial charge in [-0.2, -0.15) is 0 Å². The van der Waals surface area contributed by atoms with Crippen molar-refractivity contribution in [2.24, 2.45) is 5.41 Å². The van der Waals surface area contributed by atoms with E-state index in [1.165, 1.54) is 6.07 Å². The molecule has 0 aliphatic heterocycles. The zero-order chi connectivity index (χ0) is 33.1. The Morgan fingerprint density at radius 3 is 2.37 bits per heavy atom. The standard InChI is InChI=1S/C38H42FN3O3S/c1-7-38(8-2,36(43)44)30(20-25-12-14-26(15-13-25)33-31(39)10-9-19-40-33)34-35(46-37(4,5)6)29-21-28(17-18-32(29)42-34)45-23-27-16-11-24(3)22-41-27/h9-19,21-22,30,42H,7-8,20,23H2,1-6H3,(H,43,44). The number of carboxylic acid groups (broad SMARTS) is 1. The highest BCUT2D eigenvalue weighted by Gasteiger charge is 2.45. The van der Waals surface area contributed by atoms with Crippen LogP contribution in [0.3, 0.4) is 0 Å². The molecule has 46 heavy (non-hydrogen) atoms. The van der Waals surface area contributed by atoms with Gasteiger partial charge in [0.05, 0.1) is 11.1 Å². The van der Waals surface area contributed by atoms with Crippen LogP contribution in [0.4, 0.5) is 4.39 Å². The number of thioether (sulfide) groups is 1. The number of nitrogens with one attached hydrogen (secondary N) is 1. The average Bonchev–Trinajstić information content (AvgIpc) is 3.37. The number of pyridine rings is 2. The molecule has 0 fully saturated rings. The number of fused-ring (bicyclic) bond motifs is 1. The van der Waals surface area contributed by atoms with Crippen molar-refractivity contribution in [3.8, 4) is 17.0 Å². The molecular weight excluding hydrogens is 598 g/mol. The second-order valence-electron chi connectivity index (χ2n) is 12.9. The molecule has 0 spiro atoms. The fourth-order valence-corrected chi connectivity index (χ4v) is 7.25. The minimum atomic E-state index is -1.02. The molecule has 3 aromatic heterocycles. The molecule has 0 amide bonds. The number of aromatic nitrogens is 3. The third-order valence-electron chi connectivity index (χ3n) is 8.65. The molecule has 0 aliphatic rings. The van der Waals surface area contributed by atoms with Crippen LogP contribution in [-0.2, 0) is 17.8 Å². The topological polar surface area (TPSA) is 88.1 Å². The van der Waals surface area contributed by atoms with E-state index in [2.05, 4.69) is 35.7 Å². The maximum atomic E-state index is 14.5. The molecule has 1 unspecified atom stereocenters. The van der Waals surface area contributed by atoms with Crippen molar-refractivity contribution in [2.45, 2.75) is 83.0 Å². The van der Waals surface area contributed by atoms with Gasteiger partial charge in [0.1, 0.15) is 23.9 Å². The molecule has 1 atom stereocenters. The summed E-state index contributed by atoms with van der Waals surface area (Å²) < 4.78 is 20.5. The van der Waals surface area contributed by atoms with Gasteiger partial charge in [-0.05, 0) is 73.7 Å². The molecular formula is C38H42FN3O3S. The van der Waals surface area contributed by atoms with E-state index in [0.29, 0.717) is 37.1 Å². The van der Waals surface area contributed by atoms with Crippen molar-refractivity contribution in [3.05, 3.63) is 107 Å². The largest absolute Gasteiger partial charge is 0.487 e. The maximum absolute atomic E-state index is 14.5. The fourth-order valence-electron chi connectivity index (χ4n) is 6.06. The zero-order valence-electron chi connectivity index (χ0n) is 27.4. The van der Waals surface area contributed by atoms with Gasteiger partial charge in [0.25, 0.3) is 0 Å². The van der Waals surface area contributed by atoms with Gasteiger partial charge in [-0.15, -0.1) is 11.8 Å². The number of aliphatic carboxylic acids is 1. The Labute approximate surface area is 274 Å². The predicted molar refractivity (Wildman–Crippen MR) is 184 cm³/mol. The van der Waals surface area contributed by atoms with Crippen LogP contribution in [0, 0.1) is 18.2 Å². The van der Waals surface area contributed by atoms with Gasteiger partial charge in [-0.3, -0.25) is 14.8 Å². The van der Waals surface area contributed by atoms with Crippen LogP contribution >= 0.6 is 11.8 Å². The first-order chi connectivity index (χ1) is 21.9. The summed E-state index contributed by atoms with van der Waals surface area (Å²) in [5, 5.41) is 11.8. The minimum absolute atomic E-state index is 0.143. The number of rotatable bonds is 12. The van der Waals surface area contributed by atoms with Crippen LogP contribution in [0.15, 0.2) is 84.0 Å². The van der Waals surface area contributed by atoms with Gasteiger partial charge in [0.15, 0.2) is 0 Å². The van der Waals surface area contributed by atoms with Crippen molar-refractivity contribution in [2.75, 3.05) is 0 Å². The molecule has 5 aromatic rings. The van der Waals surface area contributed by atoms with Gasteiger partial charge in [0.2, 0.25) is 0 Å². The first-order valence-corrected chi connectivity index (χ1v) is 16.6. The second-order valence-corrected chi connectivity index (χ2v) is 14.7. The van der Waals surface area contributed by atoms with Crippen molar-refractivity contribution >= 4 is 28.6 Å². The van der Waals surface area contributed by atoms with Crippen LogP contribution in [0.1, 0.15) is 75.9 Å². The zero-order valence-corrected chi connectivity index (χ0v) is 28.2. The summed E-state index contributed by atoms with van der Waals surface area (Å²) in [5.74, 6) is -0.832. The van der Waals surface area contributed by atoms with E-state index in [1.807, 2.05) is 81.6 Å². The lowest BCUT2D eigenvalue weighted by molar-refractivity contribution is -0.151. The number of benzene rings is 2. The molecule has 6 nitrogen and oxygen atoms in total. The summed E-state index contributed by atoms with van der Waals surface area (Å²) in [7, 11) is 0. The number of carboxylic acids is 1. The molecule has 0 aliphatic carbocycles. The molecule has 3 heterocycles. The van der Waals surface area contributed by atoms with E-state index in [-0.39, 0.29) is 16.5 Å². The lowest BCUT2D eigenvalue weighted by atomic mass is 9.67. The molecule has 0 saturated heterocycles. The predicted octanol–water partition coefficient (Wildman–Crippen LogP) is 9.76. The lowest BCUT2D eigenvalue weighted by Crippen LogP contribution is -2.38. The van der Waals surface area contributed by atoms with Crippen LogP contribution in [-0.4, -0.2) is 30.8 Å². The SMILES string of the molecule is CCC(CC)(C(=O)O)C(Cc1ccc(-c2ncccc2F)cc1)c1[nH]c2ccc(OCc3ccc(C)cn3)cc2c1SC(C)(C)C. The Kier molecular flexibility index (Phi) is 9.87. The maximum Gasteiger partial charge on any atom is 0.310 e. The van der Waals surface area contributed by atoms with Crippen molar-refractivity contribution < 1.29 is 19.0 Å². The number of hydrogen-bond acceptors (Lipinski definition) is 5.